The van der Waals surface area contributed by atoms with Crippen LogP contribution in [-0.2, 0) is 6.61 Å². The standard InChI is InChI=1S/C15H12N2O2/c18-10-11-8-17-15(14-6-2-1-5-13(11)14)19-12-4-3-7-16-9-12/h1-9,18H,10H2. The molecule has 0 fully saturated rings. The Bertz CT molecular complexity index is 699. The fourth-order valence-electron chi connectivity index (χ4n) is 1.95. The van der Waals surface area contributed by atoms with Gasteiger partial charge < -0.3 is 9.84 Å². The van der Waals surface area contributed by atoms with Crippen LogP contribution in [-0.4, -0.2) is 15.1 Å². The molecule has 1 aromatic carbocycles. The first-order valence-electron chi connectivity index (χ1n) is 5.94. The van der Waals surface area contributed by atoms with Crippen LogP contribution in [0.25, 0.3) is 10.8 Å². The summed E-state index contributed by atoms with van der Waals surface area (Å²) in [5.74, 6) is 1.15. The molecule has 0 radical (unpaired) electrons. The number of rotatable bonds is 3. The van der Waals surface area contributed by atoms with Crippen molar-refractivity contribution in [2.24, 2.45) is 0 Å². The molecule has 0 aliphatic rings. The second-order valence-electron chi connectivity index (χ2n) is 4.08. The van der Waals surface area contributed by atoms with Gasteiger partial charge in [0.25, 0.3) is 0 Å². The van der Waals surface area contributed by atoms with E-state index in [4.69, 9.17) is 4.74 Å². The molecule has 1 N–H and O–H groups in total. The van der Waals surface area contributed by atoms with Crippen LogP contribution in [0.2, 0.25) is 0 Å². The number of ether oxygens (including phenoxy) is 1. The maximum absolute atomic E-state index is 9.33. The first kappa shape index (κ1) is 11.6. The second-order valence-corrected chi connectivity index (χ2v) is 4.08. The summed E-state index contributed by atoms with van der Waals surface area (Å²) in [5.41, 5.74) is 0.786. The summed E-state index contributed by atoms with van der Waals surface area (Å²) < 4.78 is 5.74. The first-order valence-corrected chi connectivity index (χ1v) is 5.94. The predicted molar refractivity (Wildman–Crippen MR) is 72.0 cm³/mol. The van der Waals surface area contributed by atoms with Gasteiger partial charge in [-0.25, -0.2) is 4.98 Å². The molecule has 0 atom stereocenters. The van der Waals surface area contributed by atoms with Gasteiger partial charge in [-0.1, -0.05) is 18.2 Å². The maximum Gasteiger partial charge on any atom is 0.227 e. The third-order valence-corrected chi connectivity index (χ3v) is 2.86. The molecule has 0 spiro atoms. The lowest BCUT2D eigenvalue weighted by molar-refractivity contribution is 0.282. The summed E-state index contributed by atoms with van der Waals surface area (Å²) in [5, 5.41) is 11.1. The maximum atomic E-state index is 9.33. The van der Waals surface area contributed by atoms with Gasteiger partial charge in [0.2, 0.25) is 5.88 Å². The minimum atomic E-state index is -0.0410. The summed E-state index contributed by atoms with van der Waals surface area (Å²) >= 11 is 0. The number of hydrogen-bond acceptors (Lipinski definition) is 4. The first-order chi connectivity index (χ1) is 9.38. The Labute approximate surface area is 110 Å². The summed E-state index contributed by atoms with van der Waals surface area (Å²) in [4.78, 5) is 8.26. The zero-order valence-electron chi connectivity index (χ0n) is 10.2. The van der Waals surface area contributed by atoms with Crippen LogP contribution < -0.4 is 4.74 Å². The monoisotopic (exact) mass is 252 g/mol. The van der Waals surface area contributed by atoms with Crippen molar-refractivity contribution >= 4 is 10.8 Å². The number of aromatic nitrogens is 2. The van der Waals surface area contributed by atoms with Crippen LogP contribution >= 0.6 is 0 Å². The fourth-order valence-corrected chi connectivity index (χ4v) is 1.95. The van der Waals surface area contributed by atoms with Gasteiger partial charge in [0, 0.05) is 23.3 Å². The van der Waals surface area contributed by atoms with E-state index in [0.717, 1.165) is 16.3 Å². The molecule has 4 nitrogen and oxygen atoms in total. The van der Waals surface area contributed by atoms with Crippen LogP contribution in [0.1, 0.15) is 5.56 Å². The fraction of sp³-hybridized carbons (Fsp3) is 0.0667. The van der Waals surface area contributed by atoms with Crippen LogP contribution in [0.4, 0.5) is 0 Å². The number of aliphatic hydroxyl groups is 1. The molecule has 19 heavy (non-hydrogen) atoms. The summed E-state index contributed by atoms with van der Waals surface area (Å²) in [6.07, 6.45) is 4.96. The van der Waals surface area contributed by atoms with E-state index in [9.17, 15) is 5.11 Å². The van der Waals surface area contributed by atoms with Crippen molar-refractivity contribution in [2.45, 2.75) is 6.61 Å². The van der Waals surface area contributed by atoms with Crippen molar-refractivity contribution in [1.82, 2.24) is 9.97 Å². The van der Waals surface area contributed by atoms with Crippen molar-refractivity contribution in [3.05, 3.63) is 60.6 Å². The van der Waals surface area contributed by atoms with Crippen LogP contribution in [0.5, 0.6) is 11.6 Å². The van der Waals surface area contributed by atoms with E-state index in [1.165, 1.54) is 0 Å². The molecule has 2 heterocycles. The Hall–Kier alpha value is -2.46. The van der Waals surface area contributed by atoms with Gasteiger partial charge in [0.1, 0.15) is 5.75 Å². The van der Waals surface area contributed by atoms with Crippen molar-refractivity contribution in [3.8, 4) is 11.6 Å². The number of nitrogens with zero attached hydrogens (tertiary/aromatic N) is 2. The van der Waals surface area contributed by atoms with Gasteiger partial charge in [0.05, 0.1) is 12.8 Å². The summed E-state index contributed by atoms with van der Waals surface area (Å²) in [7, 11) is 0. The number of pyridine rings is 2. The van der Waals surface area contributed by atoms with Crippen LogP contribution in [0.3, 0.4) is 0 Å². The Morgan fingerprint density at radius 1 is 1.00 bits per heavy atom. The molecule has 4 heteroatoms. The molecule has 2 aromatic heterocycles. The zero-order chi connectivity index (χ0) is 13.1. The third kappa shape index (κ3) is 2.26. The highest BCUT2D eigenvalue weighted by Gasteiger charge is 2.08. The smallest absolute Gasteiger partial charge is 0.227 e. The Balaban J connectivity index is 2.10. The van der Waals surface area contributed by atoms with E-state index < -0.39 is 0 Å². The average molecular weight is 252 g/mol. The Morgan fingerprint density at radius 2 is 1.84 bits per heavy atom. The van der Waals surface area contributed by atoms with E-state index >= 15 is 0 Å². The second kappa shape index (κ2) is 5.04. The van der Waals surface area contributed by atoms with Crippen LogP contribution in [0, 0.1) is 0 Å². The SMILES string of the molecule is OCc1cnc(Oc2cccnc2)c2ccccc12. The molecule has 0 saturated heterocycles. The molecule has 0 unspecified atom stereocenters. The summed E-state index contributed by atoms with van der Waals surface area (Å²) in [6, 6.07) is 11.3. The van der Waals surface area contributed by atoms with Crippen LogP contribution in [0.15, 0.2) is 55.0 Å². The average Bonchev–Trinajstić information content (AvgIpc) is 2.49. The third-order valence-electron chi connectivity index (χ3n) is 2.86. The number of fused-ring (bicyclic) bond motifs is 1. The van der Waals surface area contributed by atoms with Gasteiger partial charge in [-0.2, -0.15) is 0 Å². The molecular weight excluding hydrogens is 240 g/mol. The van der Waals surface area contributed by atoms with E-state index in [1.807, 2.05) is 30.3 Å². The lowest BCUT2D eigenvalue weighted by Gasteiger charge is -2.09. The van der Waals surface area contributed by atoms with E-state index in [-0.39, 0.29) is 6.61 Å². The van der Waals surface area contributed by atoms with E-state index in [1.54, 1.807) is 24.7 Å². The molecular formula is C15H12N2O2. The quantitative estimate of drug-likeness (QED) is 0.778. The van der Waals surface area contributed by atoms with Gasteiger partial charge >= 0.3 is 0 Å². The predicted octanol–water partition coefficient (Wildman–Crippen LogP) is 2.91. The van der Waals surface area contributed by atoms with Crippen molar-refractivity contribution < 1.29 is 9.84 Å². The molecule has 94 valence electrons. The Kier molecular flexibility index (Phi) is 3.08. The molecule has 0 saturated carbocycles. The van der Waals surface area contributed by atoms with E-state index in [0.29, 0.717) is 11.6 Å². The number of aliphatic hydroxyl groups excluding tert-OH is 1. The zero-order valence-corrected chi connectivity index (χ0v) is 10.2. The molecule has 3 aromatic rings. The molecule has 0 aliphatic carbocycles. The highest BCUT2D eigenvalue weighted by atomic mass is 16.5. The van der Waals surface area contributed by atoms with Gasteiger partial charge in [-0.05, 0) is 23.6 Å². The molecule has 3 rings (SSSR count). The lowest BCUT2D eigenvalue weighted by atomic mass is 10.1. The minimum Gasteiger partial charge on any atom is -0.437 e. The van der Waals surface area contributed by atoms with Gasteiger partial charge in [0.15, 0.2) is 0 Å². The van der Waals surface area contributed by atoms with Crippen molar-refractivity contribution in [3.63, 3.8) is 0 Å². The summed E-state index contributed by atoms with van der Waals surface area (Å²) in [6.45, 7) is -0.0410. The topological polar surface area (TPSA) is 55.2 Å². The van der Waals surface area contributed by atoms with Gasteiger partial charge in [-0.15, -0.1) is 0 Å². The molecule has 0 amide bonds. The van der Waals surface area contributed by atoms with Crippen molar-refractivity contribution in [1.29, 1.82) is 0 Å². The Morgan fingerprint density at radius 3 is 2.58 bits per heavy atom. The largest absolute Gasteiger partial charge is 0.437 e. The number of hydrogen-bond donors (Lipinski definition) is 1. The highest BCUT2D eigenvalue weighted by Crippen LogP contribution is 2.29. The van der Waals surface area contributed by atoms with E-state index in [2.05, 4.69) is 9.97 Å². The highest BCUT2D eigenvalue weighted by molar-refractivity contribution is 5.89. The lowest BCUT2D eigenvalue weighted by Crippen LogP contribution is -1.94. The minimum absolute atomic E-state index is 0.0410. The molecule has 0 bridgehead atoms. The van der Waals surface area contributed by atoms with Gasteiger partial charge in [-0.3, -0.25) is 4.98 Å². The molecule has 0 aliphatic heterocycles. The number of benzene rings is 1. The normalized spacial score (nSPS) is 10.6. The van der Waals surface area contributed by atoms with Crippen molar-refractivity contribution in [2.75, 3.05) is 0 Å².